The number of rotatable bonds is 6. The van der Waals surface area contributed by atoms with Crippen molar-refractivity contribution in [3.05, 3.63) is 127 Å². The van der Waals surface area contributed by atoms with Crippen LogP contribution in [0.25, 0.3) is 0 Å². The van der Waals surface area contributed by atoms with Gasteiger partial charge in [-0.15, -0.1) is 0 Å². The van der Waals surface area contributed by atoms with Crippen molar-refractivity contribution in [2.75, 3.05) is 0 Å². The summed E-state index contributed by atoms with van der Waals surface area (Å²) in [5.74, 6) is 0.177. The maximum atomic E-state index is 13.7. The van der Waals surface area contributed by atoms with Crippen LogP contribution in [0.2, 0.25) is 0 Å². The highest BCUT2D eigenvalue weighted by Gasteiger charge is 2.54. The fourth-order valence-electron chi connectivity index (χ4n) is 3.75. The molecular weight excluding hydrogens is 486 g/mol. The van der Waals surface area contributed by atoms with E-state index in [2.05, 4.69) is 95.4 Å². The largest absolute Gasteiger partial charge is 0.289 e. The van der Waals surface area contributed by atoms with E-state index in [1.54, 1.807) is 0 Å². The molecule has 4 aromatic carbocycles. The van der Waals surface area contributed by atoms with Crippen molar-refractivity contribution in [1.29, 1.82) is 0 Å². The summed E-state index contributed by atoms with van der Waals surface area (Å²) in [4.78, 5) is 13.7. The Morgan fingerprint density at radius 3 is 1.21 bits per heavy atom. The van der Waals surface area contributed by atoms with Gasteiger partial charge in [-0.3, -0.25) is 4.79 Å². The van der Waals surface area contributed by atoms with Crippen molar-refractivity contribution in [3.8, 4) is 0 Å². The molecule has 29 heavy (non-hydrogen) atoms. The molecule has 0 bridgehead atoms. The minimum atomic E-state index is -2.23. The Morgan fingerprint density at radius 2 is 0.862 bits per heavy atom. The Hall–Kier alpha value is -2.29. The highest BCUT2D eigenvalue weighted by atomic mass is 127. The first-order chi connectivity index (χ1) is 14.2. The lowest BCUT2D eigenvalue weighted by Gasteiger charge is -2.31. The Labute approximate surface area is 186 Å². The highest BCUT2D eigenvalue weighted by Crippen LogP contribution is 2.62. The third-order valence-electron chi connectivity index (χ3n) is 5.11. The van der Waals surface area contributed by atoms with E-state index in [1.165, 1.54) is 15.9 Å². The predicted molar refractivity (Wildman–Crippen MR) is 134 cm³/mol. The van der Waals surface area contributed by atoms with E-state index in [-0.39, 0.29) is 9.45 Å². The second kappa shape index (κ2) is 9.02. The molecule has 0 heterocycles. The molecule has 0 N–H and O–H groups in total. The number of ketones is 1. The second-order valence-electron chi connectivity index (χ2n) is 6.80. The Bertz CT molecular complexity index is 970. The number of hydrogen-bond acceptors (Lipinski definition) is 1. The van der Waals surface area contributed by atoms with Crippen LogP contribution in [-0.2, 0) is 0 Å². The third-order valence-corrected chi connectivity index (χ3v) is 12.4. The summed E-state index contributed by atoms with van der Waals surface area (Å²) in [7, 11) is -2.23. The number of carbonyl (C=O) groups excluding carboxylic acids is 1. The third kappa shape index (κ3) is 3.80. The van der Waals surface area contributed by atoms with Crippen LogP contribution in [0.1, 0.15) is 10.4 Å². The second-order valence-corrected chi connectivity index (χ2v) is 12.5. The molecule has 1 nitrogen and oxygen atoms in total. The van der Waals surface area contributed by atoms with E-state index >= 15 is 0 Å². The number of alkyl halides is 1. The molecule has 0 saturated carbocycles. The number of halogens is 1. The molecule has 4 rings (SSSR count). The van der Waals surface area contributed by atoms with Gasteiger partial charge in [0.1, 0.15) is 23.2 Å². The van der Waals surface area contributed by atoms with Gasteiger partial charge in [-0.25, -0.2) is 0 Å². The van der Waals surface area contributed by atoms with Crippen molar-refractivity contribution >= 4 is 51.6 Å². The number of carbonyl (C=O) groups is 1. The Balaban J connectivity index is 2.01. The fraction of sp³-hybridized carbons (Fsp3) is 0.0385. The molecule has 1 unspecified atom stereocenters. The van der Waals surface area contributed by atoms with Crippen LogP contribution >= 0.6 is 29.9 Å². The summed E-state index contributed by atoms with van der Waals surface area (Å²) in [5, 5.41) is 3.67. The molecule has 0 aromatic heterocycles. The van der Waals surface area contributed by atoms with Gasteiger partial charge in [-0.2, -0.15) is 0 Å². The predicted octanol–water partition coefficient (Wildman–Crippen LogP) is 5.62. The average molecular weight is 507 g/mol. The molecule has 0 aliphatic rings. The van der Waals surface area contributed by atoms with Crippen molar-refractivity contribution in [3.63, 3.8) is 0 Å². The van der Waals surface area contributed by atoms with Crippen LogP contribution in [0.5, 0.6) is 0 Å². The quantitative estimate of drug-likeness (QED) is 0.143. The summed E-state index contributed by atoms with van der Waals surface area (Å²) >= 11 is 2.40. The van der Waals surface area contributed by atoms with Crippen molar-refractivity contribution < 1.29 is 4.79 Å². The molecule has 0 saturated heterocycles. The summed E-state index contributed by atoms with van der Waals surface area (Å²) in [5.41, 5.74) is 0.763. The van der Waals surface area contributed by atoms with Crippen LogP contribution in [-0.4, -0.2) is 9.45 Å². The molecule has 3 heteroatoms. The lowest BCUT2D eigenvalue weighted by molar-refractivity contribution is 0.101. The van der Waals surface area contributed by atoms with Crippen LogP contribution < -0.4 is 15.9 Å². The molecule has 142 valence electrons. The fourth-order valence-corrected chi connectivity index (χ4v) is 11.1. The number of Topliss-reactive ketones (excluding diaryl/α,β-unsaturated/α-hetero) is 1. The topological polar surface area (TPSA) is 17.1 Å². The maximum Gasteiger partial charge on any atom is 0.214 e. The van der Waals surface area contributed by atoms with Gasteiger partial charge in [0.2, 0.25) is 5.78 Å². The molecule has 0 aliphatic carbocycles. The van der Waals surface area contributed by atoms with Gasteiger partial charge in [0.15, 0.2) is 3.67 Å². The monoisotopic (exact) mass is 507 g/mol. The lowest BCUT2D eigenvalue weighted by Crippen LogP contribution is -2.39. The molecule has 0 fully saturated rings. The molecule has 0 amide bonds. The average Bonchev–Trinajstić information content (AvgIpc) is 2.82. The van der Waals surface area contributed by atoms with Gasteiger partial charge in [0.25, 0.3) is 0 Å². The lowest BCUT2D eigenvalue weighted by atomic mass is 10.2. The first kappa shape index (κ1) is 20.0. The maximum absolute atomic E-state index is 13.7. The van der Waals surface area contributed by atoms with Gasteiger partial charge in [-0.05, 0) is 59.0 Å². The van der Waals surface area contributed by atoms with Crippen LogP contribution in [0.15, 0.2) is 121 Å². The molecule has 0 radical (unpaired) electrons. The van der Waals surface area contributed by atoms with E-state index in [0.29, 0.717) is 0 Å². The molecular formula is C26H21IOP+. The minimum absolute atomic E-state index is 0.177. The molecule has 0 spiro atoms. The van der Waals surface area contributed by atoms with E-state index < -0.39 is 7.26 Å². The van der Waals surface area contributed by atoms with E-state index in [9.17, 15) is 4.79 Å². The van der Waals surface area contributed by atoms with Gasteiger partial charge in [0.05, 0.1) is 0 Å². The zero-order chi connectivity index (χ0) is 20.1. The van der Waals surface area contributed by atoms with Gasteiger partial charge in [0, 0.05) is 5.56 Å². The zero-order valence-electron chi connectivity index (χ0n) is 15.9. The van der Waals surface area contributed by atoms with Crippen molar-refractivity contribution in [2.24, 2.45) is 0 Å². The first-order valence-electron chi connectivity index (χ1n) is 9.53. The zero-order valence-corrected chi connectivity index (χ0v) is 18.9. The number of benzene rings is 4. The summed E-state index contributed by atoms with van der Waals surface area (Å²) in [6.07, 6.45) is 0. The van der Waals surface area contributed by atoms with Crippen molar-refractivity contribution in [2.45, 2.75) is 3.67 Å². The van der Waals surface area contributed by atoms with E-state index in [0.717, 1.165) is 5.56 Å². The first-order valence-corrected chi connectivity index (χ1v) is 12.6. The van der Waals surface area contributed by atoms with Crippen LogP contribution in [0.4, 0.5) is 0 Å². The Morgan fingerprint density at radius 1 is 0.552 bits per heavy atom. The normalized spacial score (nSPS) is 12.3. The standard InChI is InChI=1S/C26H21IOP/c27-26(25(28)21-13-5-1-6-14-21)29(22-15-7-2-8-16-22,23-17-9-3-10-18-23)24-19-11-4-12-20-24/h1-20,26H/q+1. The Kier molecular flexibility index (Phi) is 6.22. The molecule has 1 atom stereocenters. The van der Waals surface area contributed by atoms with Gasteiger partial charge < -0.3 is 0 Å². The SMILES string of the molecule is O=C(c1ccccc1)C(I)[P+](c1ccccc1)(c1ccccc1)c1ccccc1. The molecule has 0 aliphatic heterocycles. The van der Waals surface area contributed by atoms with E-state index in [1.807, 2.05) is 48.5 Å². The van der Waals surface area contributed by atoms with Gasteiger partial charge >= 0.3 is 0 Å². The van der Waals surface area contributed by atoms with Crippen LogP contribution in [0, 0.1) is 0 Å². The minimum Gasteiger partial charge on any atom is -0.289 e. The van der Waals surface area contributed by atoms with E-state index in [4.69, 9.17) is 0 Å². The molecule has 4 aromatic rings. The summed E-state index contributed by atoms with van der Waals surface area (Å²) in [6, 6.07) is 41.3. The van der Waals surface area contributed by atoms with Crippen LogP contribution in [0.3, 0.4) is 0 Å². The van der Waals surface area contributed by atoms with Gasteiger partial charge in [-0.1, -0.05) is 84.9 Å². The summed E-state index contributed by atoms with van der Waals surface area (Å²) < 4.78 is -0.213. The van der Waals surface area contributed by atoms with Crippen molar-refractivity contribution in [1.82, 2.24) is 0 Å². The number of hydrogen-bond donors (Lipinski definition) is 0. The summed E-state index contributed by atoms with van der Waals surface area (Å²) in [6.45, 7) is 0. The highest BCUT2D eigenvalue weighted by molar-refractivity contribution is 14.1. The smallest absolute Gasteiger partial charge is 0.214 e.